The zero-order valence-electron chi connectivity index (χ0n) is 12.3. The van der Waals surface area contributed by atoms with E-state index in [0.29, 0.717) is 12.5 Å². The quantitative estimate of drug-likeness (QED) is 0.871. The number of likely N-dealkylation sites (N-methyl/N-ethyl adjacent to an activating group) is 1. The number of benzene rings is 1. The van der Waals surface area contributed by atoms with E-state index in [1.807, 2.05) is 26.2 Å². The lowest BCUT2D eigenvalue weighted by Crippen LogP contribution is -2.22. The SMILES string of the molecule is CCOc1cncc(C(NC)C(C)c2ccccc2)c1. The molecule has 0 amide bonds. The van der Waals surface area contributed by atoms with Crippen molar-refractivity contribution in [2.24, 2.45) is 0 Å². The first-order chi connectivity index (χ1) is 9.76. The van der Waals surface area contributed by atoms with Crippen LogP contribution in [-0.4, -0.2) is 18.6 Å². The molecule has 0 fully saturated rings. The summed E-state index contributed by atoms with van der Waals surface area (Å²) in [4.78, 5) is 4.28. The monoisotopic (exact) mass is 270 g/mol. The second kappa shape index (κ2) is 7.06. The maximum atomic E-state index is 5.54. The maximum Gasteiger partial charge on any atom is 0.137 e. The molecular formula is C17H22N2O. The van der Waals surface area contributed by atoms with E-state index in [-0.39, 0.29) is 6.04 Å². The van der Waals surface area contributed by atoms with Crippen molar-refractivity contribution in [3.63, 3.8) is 0 Å². The molecule has 0 spiro atoms. The summed E-state index contributed by atoms with van der Waals surface area (Å²) in [6.07, 6.45) is 3.66. The predicted molar refractivity (Wildman–Crippen MR) is 82.1 cm³/mol. The lowest BCUT2D eigenvalue weighted by molar-refractivity contribution is 0.337. The number of ether oxygens (including phenoxy) is 1. The average molecular weight is 270 g/mol. The standard InChI is InChI=1S/C17H22N2O/c1-4-20-16-10-15(11-19-12-16)17(18-3)13(2)14-8-6-5-7-9-14/h5-13,17-18H,4H2,1-3H3. The number of aromatic nitrogens is 1. The second-order valence-corrected chi connectivity index (χ2v) is 4.85. The largest absolute Gasteiger partial charge is 0.492 e. The van der Waals surface area contributed by atoms with Crippen LogP contribution >= 0.6 is 0 Å². The maximum absolute atomic E-state index is 5.54. The highest BCUT2D eigenvalue weighted by atomic mass is 16.5. The van der Waals surface area contributed by atoms with Gasteiger partial charge in [-0.05, 0) is 31.2 Å². The van der Waals surface area contributed by atoms with Crippen LogP contribution in [0.2, 0.25) is 0 Å². The minimum atomic E-state index is 0.213. The topological polar surface area (TPSA) is 34.1 Å². The van der Waals surface area contributed by atoms with Gasteiger partial charge in [-0.3, -0.25) is 4.98 Å². The van der Waals surface area contributed by atoms with Crippen molar-refractivity contribution in [3.8, 4) is 5.75 Å². The Kier molecular flexibility index (Phi) is 5.13. The number of nitrogens with one attached hydrogen (secondary N) is 1. The fourth-order valence-corrected chi connectivity index (χ4v) is 2.51. The summed E-state index contributed by atoms with van der Waals surface area (Å²) in [5.74, 6) is 1.19. The van der Waals surface area contributed by atoms with Crippen LogP contribution in [0.15, 0.2) is 48.8 Å². The van der Waals surface area contributed by atoms with Gasteiger partial charge < -0.3 is 10.1 Å². The van der Waals surface area contributed by atoms with Crippen LogP contribution in [0.5, 0.6) is 5.75 Å². The molecule has 2 unspecified atom stereocenters. The Morgan fingerprint density at radius 2 is 1.90 bits per heavy atom. The fourth-order valence-electron chi connectivity index (χ4n) is 2.51. The molecule has 3 heteroatoms. The number of rotatable bonds is 6. The molecule has 1 N–H and O–H groups in total. The summed E-state index contributed by atoms with van der Waals surface area (Å²) in [6.45, 7) is 4.86. The molecule has 0 saturated carbocycles. The van der Waals surface area contributed by atoms with Crippen molar-refractivity contribution < 1.29 is 4.74 Å². The minimum absolute atomic E-state index is 0.213. The van der Waals surface area contributed by atoms with E-state index in [9.17, 15) is 0 Å². The van der Waals surface area contributed by atoms with Crippen LogP contribution in [0.4, 0.5) is 0 Å². The van der Waals surface area contributed by atoms with Gasteiger partial charge in [-0.2, -0.15) is 0 Å². The zero-order valence-corrected chi connectivity index (χ0v) is 12.3. The first kappa shape index (κ1) is 14.5. The van der Waals surface area contributed by atoms with Gasteiger partial charge in [-0.25, -0.2) is 0 Å². The van der Waals surface area contributed by atoms with Crippen LogP contribution in [-0.2, 0) is 0 Å². The third-order valence-electron chi connectivity index (χ3n) is 3.54. The first-order valence-electron chi connectivity index (χ1n) is 7.06. The van der Waals surface area contributed by atoms with Crippen molar-refractivity contribution in [3.05, 3.63) is 59.9 Å². The van der Waals surface area contributed by atoms with Gasteiger partial charge in [0.25, 0.3) is 0 Å². The summed E-state index contributed by atoms with van der Waals surface area (Å²) < 4.78 is 5.54. The molecule has 1 aromatic heterocycles. The van der Waals surface area contributed by atoms with Crippen LogP contribution in [0, 0.1) is 0 Å². The molecule has 2 atom stereocenters. The molecule has 0 bridgehead atoms. The molecule has 106 valence electrons. The molecule has 3 nitrogen and oxygen atoms in total. The molecular weight excluding hydrogens is 248 g/mol. The van der Waals surface area contributed by atoms with Gasteiger partial charge in [0.05, 0.1) is 12.8 Å². The predicted octanol–water partition coefficient (Wildman–Crippen LogP) is 3.54. The highest BCUT2D eigenvalue weighted by Crippen LogP contribution is 2.31. The van der Waals surface area contributed by atoms with E-state index >= 15 is 0 Å². The van der Waals surface area contributed by atoms with Crippen molar-refractivity contribution >= 4 is 0 Å². The molecule has 1 heterocycles. The number of hydrogen-bond acceptors (Lipinski definition) is 3. The summed E-state index contributed by atoms with van der Waals surface area (Å²) >= 11 is 0. The summed E-state index contributed by atoms with van der Waals surface area (Å²) in [7, 11) is 1.98. The average Bonchev–Trinajstić information content (AvgIpc) is 2.49. The van der Waals surface area contributed by atoms with Gasteiger partial charge in [0, 0.05) is 18.2 Å². The Hall–Kier alpha value is -1.87. The van der Waals surface area contributed by atoms with E-state index < -0.39 is 0 Å². The van der Waals surface area contributed by atoms with Crippen LogP contribution in [0.25, 0.3) is 0 Å². The molecule has 0 saturated heterocycles. The first-order valence-corrected chi connectivity index (χ1v) is 7.06. The summed E-state index contributed by atoms with van der Waals surface area (Å²) in [5.41, 5.74) is 2.46. The number of pyridine rings is 1. The number of nitrogens with zero attached hydrogens (tertiary/aromatic N) is 1. The molecule has 0 radical (unpaired) electrons. The van der Waals surface area contributed by atoms with Gasteiger partial charge in [0.1, 0.15) is 5.75 Å². The highest BCUT2D eigenvalue weighted by molar-refractivity contribution is 5.30. The van der Waals surface area contributed by atoms with Gasteiger partial charge in [0.15, 0.2) is 0 Å². The van der Waals surface area contributed by atoms with Crippen molar-refractivity contribution in [1.29, 1.82) is 0 Å². The minimum Gasteiger partial charge on any atom is -0.492 e. The smallest absolute Gasteiger partial charge is 0.137 e. The lowest BCUT2D eigenvalue weighted by Gasteiger charge is -2.24. The third-order valence-corrected chi connectivity index (χ3v) is 3.54. The molecule has 0 aliphatic heterocycles. The zero-order chi connectivity index (χ0) is 14.4. The molecule has 0 aliphatic carbocycles. The molecule has 2 aromatic rings. The van der Waals surface area contributed by atoms with E-state index in [1.54, 1.807) is 6.20 Å². The van der Waals surface area contributed by atoms with E-state index in [0.717, 1.165) is 11.3 Å². The van der Waals surface area contributed by atoms with Crippen LogP contribution < -0.4 is 10.1 Å². The Morgan fingerprint density at radius 1 is 1.15 bits per heavy atom. The van der Waals surface area contributed by atoms with Crippen molar-refractivity contribution in [2.45, 2.75) is 25.8 Å². The fraction of sp³-hybridized carbons (Fsp3) is 0.353. The highest BCUT2D eigenvalue weighted by Gasteiger charge is 2.19. The summed E-state index contributed by atoms with van der Waals surface area (Å²) in [5, 5.41) is 3.39. The molecule has 2 rings (SSSR count). The van der Waals surface area contributed by atoms with Crippen molar-refractivity contribution in [1.82, 2.24) is 10.3 Å². The van der Waals surface area contributed by atoms with Gasteiger partial charge >= 0.3 is 0 Å². The molecule has 1 aromatic carbocycles. The normalized spacial score (nSPS) is 13.8. The van der Waals surface area contributed by atoms with Crippen molar-refractivity contribution in [2.75, 3.05) is 13.7 Å². The second-order valence-electron chi connectivity index (χ2n) is 4.85. The van der Waals surface area contributed by atoms with E-state index in [4.69, 9.17) is 4.74 Å². The Labute approximate surface area is 121 Å². The third kappa shape index (κ3) is 3.36. The van der Waals surface area contributed by atoms with Crippen LogP contribution in [0.3, 0.4) is 0 Å². The van der Waals surface area contributed by atoms with Gasteiger partial charge in [-0.15, -0.1) is 0 Å². The van der Waals surface area contributed by atoms with E-state index in [2.05, 4.69) is 47.6 Å². The lowest BCUT2D eigenvalue weighted by atomic mass is 9.89. The Bertz CT molecular complexity index is 528. The van der Waals surface area contributed by atoms with E-state index in [1.165, 1.54) is 5.56 Å². The Morgan fingerprint density at radius 3 is 2.55 bits per heavy atom. The Balaban J connectivity index is 2.25. The summed E-state index contributed by atoms with van der Waals surface area (Å²) in [6, 6.07) is 12.8. The molecule has 20 heavy (non-hydrogen) atoms. The number of hydrogen-bond donors (Lipinski definition) is 1. The molecule has 0 aliphatic rings. The van der Waals surface area contributed by atoms with Gasteiger partial charge in [0.2, 0.25) is 0 Å². The van der Waals surface area contributed by atoms with Crippen LogP contribution in [0.1, 0.15) is 36.9 Å². The van der Waals surface area contributed by atoms with Gasteiger partial charge in [-0.1, -0.05) is 37.3 Å².